The largest absolute Gasteiger partial charge is 0.308 e. The number of nitrogens with zero attached hydrogens (tertiary/aromatic N) is 2. The van der Waals surface area contributed by atoms with Crippen LogP contribution in [0.3, 0.4) is 0 Å². The van der Waals surface area contributed by atoms with E-state index in [1.165, 1.54) is 24.2 Å². The Hall–Kier alpha value is -0.950. The van der Waals surface area contributed by atoms with Crippen LogP contribution < -0.4 is 11.3 Å². The normalized spacial score (nSPS) is 20.1. The maximum absolute atomic E-state index is 11.7. The predicted molar refractivity (Wildman–Crippen MR) is 78.0 cm³/mol. The van der Waals surface area contributed by atoms with E-state index in [1.54, 1.807) is 0 Å². The summed E-state index contributed by atoms with van der Waals surface area (Å²) < 4.78 is 0. The first-order valence-electron chi connectivity index (χ1n) is 6.58. The van der Waals surface area contributed by atoms with Gasteiger partial charge in [0.2, 0.25) is 0 Å². The molecular weight excluding hydrogens is 260 g/mol. The Morgan fingerprint density at radius 3 is 3.11 bits per heavy atom. The molecule has 0 spiro atoms. The monoisotopic (exact) mass is 282 g/mol. The smallest absolute Gasteiger partial charge is 0.275 e. The van der Waals surface area contributed by atoms with Gasteiger partial charge in [-0.25, -0.2) is 5.84 Å². The Morgan fingerprint density at radius 2 is 2.42 bits per heavy atom. The Labute approximate surface area is 118 Å². The highest BCUT2D eigenvalue weighted by Gasteiger charge is 2.26. The molecule has 1 aliphatic heterocycles. The van der Waals surface area contributed by atoms with Crippen LogP contribution in [0.2, 0.25) is 0 Å². The van der Waals surface area contributed by atoms with E-state index in [2.05, 4.69) is 29.3 Å². The van der Waals surface area contributed by atoms with Crippen LogP contribution in [0.15, 0.2) is 11.4 Å². The number of nitrogen functional groups attached to an aromatic ring is 1. The summed E-state index contributed by atoms with van der Waals surface area (Å²) in [5, 5.41) is 1.96. The van der Waals surface area contributed by atoms with Crippen LogP contribution in [0.4, 0.5) is 0 Å². The minimum atomic E-state index is -0.187. The first-order valence-corrected chi connectivity index (χ1v) is 7.46. The highest BCUT2D eigenvalue weighted by Crippen LogP contribution is 2.24. The van der Waals surface area contributed by atoms with Gasteiger partial charge < -0.3 is 4.90 Å². The molecule has 0 aliphatic carbocycles. The average molecular weight is 282 g/mol. The minimum Gasteiger partial charge on any atom is -0.308 e. The molecule has 2 rings (SSSR count). The van der Waals surface area contributed by atoms with Crippen LogP contribution in [-0.2, 0) is 6.54 Å². The van der Waals surface area contributed by atoms with E-state index < -0.39 is 0 Å². The fourth-order valence-electron chi connectivity index (χ4n) is 2.68. The van der Waals surface area contributed by atoms with Crippen molar-refractivity contribution in [1.29, 1.82) is 0 Å². The van der Waals surface area contributed by atoms with Gasteiger partial charge in [-0.3, -0.25) is 15.1 Å². The number of likely N-dealkylation sites (N-methyl/N-ethyl adjacent to an activating group) is 1. The Bertz CT molecular complexity index is 432. The number of thiophene rings is 1. The molecule has 1 atom stereocenters. The lowest BCUT2D eigenvalue weighted by Crippen LogP contribution is -2.37. The number of hydrogen-bond acceptors (Lipinski definition) is 5. The molecule has 1 unspecified atom stereocenters. The zero-order chi connectivity index (χ0) is 13.8. The van der Waals surface area contributed by atoms with Crippen molar-refractivity contribution < 1.29 is 4.79 Å². The third-order valence-corrected chi connectivity index (χ3v) is 4.49. The van der Waals surface area contributed by atoms with Crippen LogP contribution in [0.5, 0.6) is 0 Å². The molecule has 106 valence electrons. The lowest BCUT2D eigenvalue weighted by atomic mass is 10.2. The van der Waals surface area contributed by atoms with E-state index in [0.29, 0.717) is 6.04 Å². The molecule has 0 bridgehead atoms. The molecule has 6 heteroatoms. The lowest BCUT2D eigenvalue weighted by molar-refractivity contribution is 0.0955. The maximum atomic E-state index is 11.7. The van der Waals surface area contributed by atoms with E-state index in [4.69, 9.17) is 5.84 Å². The summed E-state index contributed by atoms with van der Waals surface area (Å²) in [6.07, 6.45) is 2.47. The van der Waals surface area contributed by atoms with Gasteiger partial charge in [-0.05, 0) is 50.5 Å². The molecule has 1 aliphatic rings. The van der Waals surface area contributed by atoms with Crippen LogP contribution in [0, 0.1) is 0 Å². The van der Waals surface area contributed by atoms with E-state index in [0.717, 1.165) is 30.1 Å². The number of carbonyl (C=O) groups is 1. The van der Waals surface area contributed by atoms with Gasteiger partial charge in [0.15, 0.2) is 0 Å². The molecule has 0 aromatic carbocycles. The average Bonchev–Trinajstić information content (AvgIpc) is 2.98. The molecular formula is C13H22N4OS. The summed E-state index contributed by atoms with van der Waals surface area (Å²) in [5.41, 5.74) is 3.30. The molecule has 0 radical (unpaired) electrons. The summed E-state index contributed by atoms with van der Waals surface area (Å²) in [7, 11) is 4.21. The number of carbonyl (C=O) groups excluding carboxylic acids is 1. The topological polar surface area (TPSA) is 61.6 Å². The van der Waals surface area contributed by atoms with Crippen molar-refractivity contribution in [3.63, 3.8) is 0 Å². The number of nitrogens with two attached hydrogens (primary N) is 1. The Balaban J connectivity index is 2.04. The first-order chi connectivity index (χ1) is 9.11. The van der Waals surface area contributed by atoms with Crippen LogP contribution in [0.25, 0.3) is 0 Å². The predicted octanol–water partition coefficient (Wildman–Crippen LogP) is 0.878. The van der Waals surface area contributed by atoms with E-state index >= 15 is 0 Å². The summed E-state index contributed by atoms with van der Waals surface area (Å²) in [4.78, 5) is 17.1. The van der Waals surface area contributed by atoms with Gasteiger partial charge in [0.25, 0.3) is 5.91 Å². The summed E-state index contributed by atoms with van der Waals surface area (Å²) in [6.45, 7) is 3.02. The van der Waals surface area contributed by atoms with Crippen molar-refractivity contribution in [2.45, 2.75) is 25.4 Å². The molecule has 1 amide bonds. The fraction of sp³-hybridized carbons (Fsp3) is 0.615. The highest BCUT2D eigenvalue weighted by molar-refractivity contribution is 7.12. The second-order valence-corrected chi connectivity index (χ2v) is 6.19. The molecule has 2 heterocycles. The van der Waals surface area contributed by atoms with Gasteiger partial charge in [0.05, 0.1) is 4.88 Å². The number of amides is 1. The third-order valence-electron chi connectivity index (χ3n) is 3.53. The van der Waals surface area contributed by atoms with Crippen molar-refractivity contribution >= 4 is 17.2 Å². The van der Waals surface area contributed by atoms with Gasteiger partial charge in [0.1, 0.15) is 0 Å². The minimum absolute atomic E-state index is 0.187. The molecule has 1 saturated heterocycles. The lowest BCUT2D eigenvalue weighted by Gasteiger charge is -2.27. The van der Waals surface area contributed by atoms with Crippen LogP contribution in [-0.4, -0.2) is 48.9 Å². The second kappa shape index (κ2) is 6.47. The van der Waals surface area contributed by atoms with E-state index in [9.17, 15) is 4.79 Å². The molecule has 0 saturated carbocycles. The number of likely N-dealkylation sites (tertiary alicyclic amines) is 1. The van der Waals surface area contributed by atoms with Crippen molar-refractivity contribution in [3.05, 3.63) is 21.9 Å². The SMILES string of the molecule is CN(C)CC1CCCN1Cc1ccsc1C(=O)NN. The summed E-state index contributed by atoms with van der Waals surface area (Å²) in [5.74, 6) is 5.03. The van der Waals surface area contributed by atoms with E-state index in [-0.39, 0.29) is 5.91 Å². The van der Waals surface area contributed by atoms with Gasteiger partial charge in [-0.2, -0.15) is 0 Å². The molecule has 1 aromatic rings. The number of hydrazine groups is 1. The van der Waals surface area contributed by atoms with Gasteiger partial charge in [0, 0.05) is 19.1 Å². The van der Waals surface area contributed by atoms with Gasteiger partial charge in [-0.1, -0.05) is 0 Å². The van der Waals surface area contributed by atoms with Crippen molar-refractivity contribution in [2.24, 2.45) is 5.84 Å². The van der Waals surface area contributed by atoms with Gasteiger partial charge in [-0.15, -0.1) is 11.3 Å². The molecule has 3 N–H and O–H groups in total. The number of rotatable bonds is 5. The fourth-order valence-corrected chi connectivity index (χ4v) is 3.49. The molecule has 1 fully saturated rings. The first kappa shape index (κ1) is 14.5. The molecule has 1 aromatic heterocycles. The summed E-state index contributed by atoms with van der Waals surface area (Å²) >= 11 is 1.45. The summed E-state index contributed by atoms with van der Waals surface area (Å²) in [6, 6.07) is 2.61. The highest BCUT2D eigenvalue weighted by atomic mass is 32.1. The second-order valence-electron chi connectivity index (χ2n) is 5.28. The van der Waals surface area contributed by atoms with Crippen molar-refractivity contribution in [2.75, 3.05) is 27.2 Å². The zero-order valence-electron chi connectivity index (χ0n) is 11.6. The Morgan fingerprint density at radius 1 is 1.63 bits per heavy atom. The quantitative estimate of drug-likeness (QED) is 0.478. The number of hydrogen-bond donors (Lipinski definition) is 2. The molecule has 19 heavy (non-hydrogen) atoms. The zero-order valence-corrected chi connectivity index (χ0v) is 12.4. The number of nitrogens with one attached hydrogen (secondary N) is 1. The maximum Gasteiger partial charge on any atom is 0.275 e. The van der Waals surface area contributed by atoms with Crippen molar-refractivity contribution in [1.82, 2.24) is 15.2 Å². The van der Waals surface area contributed by atoms with Gasteiger partial charge >= 0.3 is 0 Å². The van der Waals surface area contributed by atoms with E-state index in [1.807, 2.05) is 11.4 Å². The Kier molecular flexibility index (Phi) is 4.93. The standard InChI is InChI=1S/C13H22N4OS/c1-16(2)9-11-4-3-6-17(11)8-10-5-7-19-12(10)13(18)15-14/h5,7,11H,3-4,6,8-9,14H2,1-2H3,(H,15,18). The molecule has 5 nitrogen and oxygen atoms in total. The van der Waals surface area contributed by atoms with Crippen LogP contribution in [0.1, 0.15) is 28.1 Å². The van der Waals surface area contributed by atoms with Crippen LogP contribution >= 0.6 is 11.3 Å². The third kappa shape index (κ3) is 3.54. The van der Waals surface area contributed by atoms with Crippen molar-refractivity contribution in [3.8, 4) is 0 Å².